The molecular formula is C116H232N8O22. The number of carbonyl (C=O) groups is 8. The molecule has 8 aliphatic rings. The highest BCUT2D eigenvalue weighted by Gasteiger charge is 2.48. The van der Waals surface area contributed by atoms with Crippen molar-refractivity contribution in [3.05, 3.63) is 0 Å². The highest BCUT2D eigenvalue weighted by Crippen LogP contribution is 2.40. The summed E-state index contributed by atoms with van der Waals surface area (Å²) in [7, 11) is 0. The van der Waals surface area contributed by atoms with Gasteiger partial charge in [-0.05, 0) is 279 Å². The second-order valence-corrected chi connectivity index (χ2v) is 54.5. The minimum atomic E-state index is -0.0643. The van der Waals surface area contributed by atoms with Gasteiger partial charge in [-0.2, -0.15) is 0 Å². The summed E-state index contributed by atoms with van der Waals surface area (Å²) in [6.45, 7) is 71.6. The van der Waals surface area contributed by atoms with Crippen LogP contribution >= 0.6 is 0 Å². The second kappa shape index (κ2) is 63.9. The number of unbranched alkanes of at least 4 members (excludes halogenated alkanes) is 19. The third kappa shape index (κ3) is 63.8. The maximum absolute atomic E-state index is 12.9. The first-order valence-corrected chi connectivity index (χ1v) is 55.1. The Morgan fingerprint density at radius 3 is 0.404 bits per heavy atom. The molecule has 8 rings (SSSR count). The minimum absolute atomic E-state index is 0. The standard InChI is InChI=1S/C30H56N2O4.3C28H52N2O4.2CH4.6H2O/c1-10-22(26(34)36-24-20-29(6,7)32-30(8,9)21-24)16-14-12-11-13-15-17-25(33)35-23-18-27(2,3)31-28(4,5)19-23;3*1-25(2)17-21(18-26(3,4)29-25)33-23(31)15-13-11-9-10-12-14-16-24(32)34-22-19-27(5,6)30-28(7,8)20-22;;;;;;;;/h22-24,31-32H,10-21H2,1-9H3;3*21-22,29-30H,9-20H2,1-8H3;2*1H4;6*1H2. The van der Waals surface area contributed by atoms with Crippen molar-refractivity contribution in [2.24, 2.45) is 5.92 Å². The van der Waals surface area contributed by atoms with Crippen LogP contribution in [-0.2, 0) is 76.3 Å². The average Bonchev–Trinajstić information content (AvgIpc) is 0.810. The maximum atomic E-state index is 12.9. The lowest BCUT2D eigenvalue weighted by molar-refractivity contribution is -0.159. The molecule has 0 aliphatic carbocycles. The molecule has 0 aromatic heterocycles. The van der Waals surface area contributed by atoms with E-state index in [0.717, 1.165) is 263 Å². The second-order valence-electron chi connectivity index (χ2n) is 54.5. The van der Waals surface area contributed by atoms with Crippen molar-refractivity contribution in [3.63, 3.8) is 0 Å². The van der Waals surface area contributed by atoms with Crippen LogP contribution in [-0.4, -0.2) is 218 Å². The molecule has 0 saturated carbocycles. The molecule has 0 bridgehead atoms. The summed E-state index contributed by atoms with van der Waals surface area (Å²) < 4.78 is 46.5. The van der Waals surface area contributed by atoms with Gasteiger partial charge in [-0.15, -0.1) is 0 Å². The molecule has 146 heavy (non-hydrogen) atoms. The van der Waals surface area contributed by atoms with Gasteiger partial charge >= 0.3 is 47.8 Å². The molecule has 30 nitrogen and oxygen atoms in total. The molecule has 8 aliphatic heterocycles. The third-order valence-electron chi connectivity index (χ3n) is 28.4. The van der Waals surface area contributed by atoms with Crippen LogP contribution in [0.4, 0.5) is 0 Å². The predicted molar refractivity (Wildman–Crippen MR) is 595 cm³/mol. The molecule has 0 spiro atoms. The average molecular weight is 2090 g/mol. The summed E-state index contributed by atoms with van der Waals surface area (Å²) in [6.07, 6.45) is 42.0. The first-order chi connectivity index (χ1) is 63.2. The molecule has 8 saturated heterocycles. The topological polar surface area (TPSA) is 496 Å². The van der Waals surface area contributed by atoms with Crippen molar-refractivity contribution >= 4 is 47.8 Å². The molecule has 1 atom stereocenters. The fourth-order valence-corrected chi connectivity index (χ4v) is 25.9. The number of rotatable bonds is 45. The Morgan fingerprint density at radius 2 is 0.288 bits per heavy atom. The Balaban J connectivity index is -0.000000904. The quantitative estimate of drug-likeness (QED) is 0.0159. The van der Waals surface area contributed by atoms with Gasteiger partial charge in [0.25, 0.3) is 0 Å². The van der Waals surface area contributed by atoms with E-state index in [9.17, 15) is 38.4 Å². The van der Waals surface area contributed by atoms with Crippen LogP contribution in [0.25, 0.3) is 0 Å². The predicted octanol–water partition coefficient (Wildman–Crippen LogP) is 20.2. The fourth-order valence-electron chi connectivity index (χ4n) is 25.9. The molecule has 1 unspecified atom stereocenters. The summed E-state index contributed by atoms with van der Waals surface area (Å²) in [5.74, 6) is -0.489. The maximum Gasteiger partial charge on any atom is 0.309 e. The minimum Gasteiger partial charge on any atom is -0.462 e. The van der Waals surface area contributed by atoms with Crippen LogP contribution in [0.1, 0.15) is 552 Å². The number of carbonyl (C=O) groups excluding carboxylic acids is 8. The number of piperidine rings is 8. The van der Waals surface area contributed by atoms with Gasteiger partial charge in [-0.3, -0.25) is 38.4 Å². The normalized spacial score (nSPS) is 22.6. The molecule has 868 valence electrons. The monoisotopic (exact) mass is 2090 g/mol. The SMILES string of the molecule is C.C.CC1(C)CC(OC(=O)CCCCCCCCC(=O)OC2CC(C)(C)NC(C)(C)C2)CC(C)(C)N1.CC1(C)CC(OC(=O)CCCCCCCCC(=O)OC2CC(C)(C)NC(C)(C)C2)CC(C)(C)N1.CC1(C)CC(OC(=O)CCCCCCCCC(=O)OC2CC(C)(C)NC(C)(C)C2)CC(C)(C)N1.CCC(CCCCCCCC(=O)OC1CC(C)(C)NC(C)(C)C1)C(=O)OC1CC(C)(C)NC(C)(C)C1.O.O.O.O.O.O. The van der Waals surface area contributed by atoms with Gasteiger partial charge in [0.1, 0.15) is 48.8 Å². The van der Waals surface area contributed by atoms with Gasteiger partial charge in [0, 0.05) is 236 Å². The third-order valence-corrected chi connectivity index (χ3v) is 28.4. The van der Waals surface area contributed by atoms with Crippen molar-refractivity contribution < 1.29 is 109 Å². The Morgan fingerprint density at radius 1 is 0.185 bits per heavy atom. The van der Waals surface area contributed by atoms with E-state index in [-0.39, 0.29) is 239 Å². The van der Waals surface area contributed by atoms with E-state index in [1.807, 2.05) is 0 Å². The molecule has 30 heteroatoms. The Kier molecular flexibility index (Phi) is 64.5. The molecule has 0 aromatic rings. The number of hydrogen-bond acceptors (Lipinski definition) is 24. The van der Waals surface area contributed by atoms with Gasteiger partial charge < -0.3 is 113 Å². The smallest absolute Gasteiger partial charge is 0.309 e. The lowest BCUT2D eigenvalue weighted by atomic mass is 9.81. The summed E-state index contributed by atoms with van der Waals surface area (Å²) in [6, 6.07) is 0. The Bertz CT molecular complexity index is 3160. The lowest BCUT2D eigenvalue weighted by Gasteiger charge is -2.46. The first-order valence-electron chi connectivity index (χ1n) is 55.1. The van der Waals surface area contributed by atoms with Gasteiger partial charge in [-0.25, -0.2) is 0 Å². The Labute approximate surface area is 889 Å². The highest BCUT2D eigenvalue weighted by molar-refractivity contribution is 5.73. The lowest BCUT2D eigenvalue weighted by Crippen LogP contribution is -2.59. The van der Waals surface area contributed by atoms with E-state index in [0.29, 0.717) is 44.9 Å². The number of esters is 8. The summed E-state index contributed by atoms with van der Waals surface area (Å²) in [5, 5.41) is 29.0. The molecule has 0 radical (unpaired) electrons. The fraction of sp³-hybridized carbons (Fsp3) is 0.931. The van der Waals surface area contributed by atoms with E-state index >= 15 is 0 Å². The largest absolute Gasteiger partial charge is 0.462 e. The van der Waals surface area contributed by atoms with Crippen LogP contribution in [0, 0.1) is 5.92 Å². The molecule has 8 heterocycles. The van der Waals surface area contributed by atoms with E-state index in [4.69, 9.17) is 37.9 Å². The van der Waals surface area contributed by atoms with Crippen molar-refractivity contribution in [1.29, 1.82) is 0 Å². The highest BCUT2D eigenvalue weighted by atomic mass is 16.6. The van der Waals surface area contributed by atoms with Gasteiger partial charge in [0.05, 0.1) is 5.92 Å². The zero-order valence-electron chi connectivity index (χ0n) is 97.7. The van der Waals surface area contributed by atoms with Crippen LogP contribution in [0.2, 0.25) is 0 Å². The van der Waals surface area contributed by atoms with Gasteiger partial charge in [0.15, 0.2) is 0 Å². The van der Waals surface area contributed by atoms with Crippen molar-refractivity contribution in [2.45, 2.75) is 689 Å². The summed E-state index contributed by atoms with van der Waals surface area (Å²) in [5.41, 5.74) is -0.255. The zero-order valence-corrected chi connectivity index (χ0v) is 97.7. The number of hydrogen-bond donors (Lipinski definition) is 8. The summed E-state index contributed by atoms with van der Waals surface area (Å²) >= 11 is 0. The van der Waals surface area contributed by atoms with Gasteiger partial charge in [-0.1, -0.05) is 125 Å². The van der Waals surface area contributed by atoms with Crippen LogP contribution < -0.4 is 42.5 Å². The first kappa shape index (κ1) is 147. The van der Waals surface area contributed by atoms with E-state index in [1.165, 1.54) is 0 Å². The number of nitrogens with one attached hydrogen (secondary N) is 8. The molecular weight excluding hydrogens is 1860 g/mol. The molecule has 0 amide bonds. The van der Waals surface area contributed by atoms with Crippen molar-refractivity contribution in [2.75, 3.05) is 0 Å². The van der Waals surface area contributed by atoms with Crippen molar-refractivity contribution in [1.82, 2.24) is 42.5 Å². The van der Waals surface area contributed by atoms with E-state index in [2.05, 4.69) is 271 Å². The molecule has 0 aromatic carbocycles. The molecule has 20 N–H and O–H groups in total. The van der Waals surface area contributed by atoms with E-state index < -0.39 is 0 Å². The van der Waals surface area contributed by atoms with Gasteiger partial charge in [0.2, 0.25) is 0 Å². The zero-order chi connectivity index (χ0) is 104. The summed E-state index contributed by atoms with van der Waals surface area (Å²) in [4.78, 5) is 99.0. The van der Waals surface area contributed by atoms with Crippen LogP contribution in [0.15, 0.2) is 0 Å². The van der Waals surface area contributed by atoms with Crippen LogP contribution in [0.5, 0.6) is 0 Å². The van der Waals surface area contributed by atoms with Crippen LogP contribution in [0.3, 0.4) is 0 Å². The molecule has 8 fully saturated rings. The van der Waals surface area contributed by atoms with Crippen molar-refractivity contribution in [3.8, 4) is 0 Å². The number of ether oxygens (including phenoxy) is 8. The van der Waals surface area contributed by atoms with E-state index in [1.54, 1.807) is 0 Å². The Hall–Kier alpha value is -4.80.